The number of amides is 2. The first kappa shape index (κ1) is 18.2. The number of nitrogens with zero attached hydrogens (tertiary/aromatic N) is 3. The van der Waals surface area contributed by atoms with Crippen LogP contribution in [0.15, 0.2) is 23.2 Å². The Morgan fingerprint density at radius 2 is 1.96 bits per heavy atom. The van der Waals surface area contributed by atoms with Crippen LogP contribution in [-0.2, 0) is 16.6 Å². The summed E-state index contributed by atoms with van der Waals surface area (Å²) in [5.74, 6) is 0.557. The molecule has 1 saturated heterocycles. The van der Waals surface area contributed by atoms with Crippen molar-refractivity contribution in [3.63, 3.8) is 0 Å². The van der Waals surface area contributed by atoms with Crippen molar-refractivity contribution in [2.75, 3.05) is 24.6 Å². The summed E-state index contributed by atoms with van der Waals surface area (Å²) in [6, 6.07) is 6.22. The lowest BCUT2D eigenvalue weighted by atomic mass is 10.1. The van der Waals surface area contributed by atoms with Gasteiger partial charge in [0, 0.05) is 20.1 Å². The molecule has 0 spiro atoms. The Morgan fingerprint density at radius 3 is 2.72 bits per heavy atom. The zero-order valence-electron chi connectivity index (χ0n) is 14.7. The standard InChI is InChI=1S/C18H23N3O2S2/c1-13-6-7-14-15(10-13)25-18(20(14)2)19-16(22)11-24-12-17(23)21-8-4-3-5-9-21/h6-7,10H,3-5,8-9,11-12H2,1-2H3. The second kappa shape index (κ2) is 8.19. The fourth-order valence-corrected chi connectivity index (χ4v) is 4.78. The highest BCUT2D eigenvalue weighted by atomic mass is 32.2. The van der Waals surface area contributed by atoms with Crippen LogP contribution in [-0.4, -0.2) is 45.9 Å². The molecule has 1 aromatic carbocycles. The molecule has 25 heavy (non-hydrogen) atoms. The predicted molar refractivity (Wildman–Crippen MR) is 104 cm³/mol. The van der Waals surface area contributed by atoms with E-state index in [0.29, 0.717) is 10.6 Å². The first-order valence-corrected chi connectivity index (χ1v) is 10.5. The maximum atomic E-state index is 12.1. The summed E-state index contributed by atoms with van der Waals surface area (Å²) in [5, 5.41) is 0. The van der Waals surface area contributed by atoms with Gasteiger partial charge in [0.15, 0.2) is 4.80 Å². The number of hydrogen-bond acceptors (Lipinski definition) is 4. The summed E-state index contributed by atoms with van der Waals surface area (Å²) in [6.45, 7) is 3.76. The summed E-state index contributed by atoms with van der Waals surface area (Å²) in [5.41, 5.74) is 2.27. The van der Waals surface area contributed by atoms with E-state index in [1.165, 1.54) is 35.1 Å². The van der Waals surface area contributed by atoms with Crippen molar-refractivity contribution in [3.8, 4) is 0 Å². The van der Waals surface area contributed by atoms with Crippen molar-refractivity contribution >= 4 is 45.1 Å². The van der Waals surface area contributed by atoms with Crippen LogP contribution < -0.4 is 4.80 Å². The Hall–Kier alpha value is -1.60. The van der Waals surface area contributed by atoms with Gasteiger partial charge in [0.05, 0.1) is 21.7 Å². The van der Waals surface area contributed by atoms with Gasteiger partial charge in [-0.1, -0.05) is 17.4 Å². The van der Waals surface area contributed by atoms with Crippen LogP contribution in [0.2, 0.25) is 0 Å². The number of benzene rings is 1. The number of hydrogen-bond donors (Lipinski definition) is 0. The van der Waals surface area contributed by atoms with Crippen LogP contribution in [0.1, 0.15) is 24.8 Å². The lowest BCUT2D eigenvalue weighted by Crippen LogP contribution is -2.36. The summed E-state index contributed by atoms with van der Waals surface area (Å²) >= 11 is 2.88. The molecule has 0 aliphatic carbocycles. The van der Waals surface area contributed by atoms with Crippen LogP contribution in [0.5, 0.6) is 0 Å². The number of thiazole rings is 1. The Morgan fingerprint density at radius 1 is 1.20 bits per heavy atom. The van der Waals surface area contributed by atoms with E-state index < -0.39 is 0 Å². The lowest BCUT2D eigenvalue weighted by molar-refractivity contribution is -0.129. The fraction of sp³-hybridized carbons (Fsp3) is 0.500. The van der Waals surface area contributed by atoms with E-state index >= 15 is 0 Å². The molecule has 0 saturated carbocycles. The molecule has 2 amide bonds. The first-order valence-electron chi connectivity index (χ1n) is 8.54. The highest BCUT2D eigenvalue weighted by Crippen LogP contribution is 2.18. The van der Waals surface area contributed by atoms with Crippen molar-refractivity contribution in [1.29, 1.82) is 0 Å². The van der Waals surface area contributed by atoms with E-state index in [0.717, 1.165) is 36.1 Å². The monoisotopic (exact) mass is 377 g/mol. The maximum absolute atomic E-state index is 12.1. The van der Waals surface area contributed by atoms with Crippen LogP contribution in [0.4, 0.5) is 0 Å². The molecule has 7 heteroatoms. The van der Waals surface area contributed by atoms with Gasteiger partial charge in [-0.05, 0) is 43.9 Å². The highest BCUT2D eigenvalue weighted by Gasteiger charge is 2.16. The van der Waals surface area contributed by atoms with Crippen LogP contribution in [0, 0.1) is 6.92 Å². The minimum atomic E-state index is -0.185. The van der Waals surface area contributed by atoms with Crippen molar-refractivity contribution in [2.45, 2.75) is 26.2 Å². The molecule has 2 aromatic rings. The highest BCUT2D eigenvalue weighted by molar-refractivity contribution is 8.00. The summed E-state index contributed by atoms with van der Waals surface area (Å²) in [4.78, 5) is 31.1. The Balaban J connectivity index is 1.59. The van der Waals surface area contributed by atoms with E-state index in [2.05, 4.69) is 30.1 Å². The number of piperidine rings is 1. The second-order valence-corrected chi connectivity index (χ2v) is 8.35. The van der Waals surface area contributed by atoms with Gasteiger partial charge < -0.3 is 9.47 Å². The van der Waals surface area contributed by atoms with Crippen molar-refractivity contribution < 1.29 is 9.59 Å². The van der Waals surface area contributed by atoms with Gasteiger partial charge in [0.1, 0.15) is 0 Å². The Bertz CT molecular complexity index is 848. The smallest absolute Gasteiger partial charge is 0.258 e. The number of carbonyl (C=O) groups excluding carboxylic acids is 2. The van der Waals surface area contributed by atoms with Gasteiger partial charge in [0.25, 0.3) is 5.91 Å². The minimum Gasteiger partial charge on any atom is -0.342 e. The van der Waals surface area contributed by atoms with E-state index in [9.17, 15) is 9.59 Å². The quantitative estimate of drug-likeness (QED) is 0.823. The number of likely N-dealkylation sites (tertiary alicyclic amines) is 1. The maximum Gasteiger partial charge on any atom is 0.258 e. The molecular weight excluding hydrogens is 354 g/mol. The van der Waals surface area contributed by atoms with E-state index in [1.54, 1.807) is 0 Å². The van der Waals surface area contributed by atoms with Crippen LogP contribution in [0.25, 0.3) is 10.2 Å². The molecule has 0 atom stereocenters. The summed E-state index contributed by atoms with van der Waals surface area (Å²) in [7, 11) is 1.92. The van der Waals surface area contributed by atoms with Gasteiger partial charge in [-0.25, -0.2) is 0 Å². The van der Waals surface area contributed by atoms with Crippen molar-refractivity contribution in [3.05, 3.63) is 28.6 Å². The Kier molecular flexibility index (Phi) is 5.96. The van der Waals surface area contributed by atoms with Gasteiger partial charge in [-0.15, -0.1) is 11.8 Å². The predicted octanol–water partition coefficient (Wildman–Crippen LogP) is 2.72. The summed E-state index contributed by atoms with van der Waals surface area (Å²) in [6.07, 6.45) is 3.39. The van der Waals surface area contributed by atoms with Crippen LogP contribution in [0.3, 0.4) is 0 Å². The van der Waals surface area contributed by atoms with Crippen molar-refractivity contribution in [2.24, 2.45) is 12.0 Å². The number of fused-ring (bicyclic) bond motifs is 1. The molecule has 5 nitrogen and oxygen atoms in total. The number of thioether (sulfide) groups is 1. The Labute approximate surface area is 155 Å². The van der Waals surface area contributed by atoms with E-state index in [-0.39, 0.29) is 17.6 Å². The molecule has 0 bridgehead atoms. The largest absolute Gasteiger partial charge is 0.342 e. The van der Waals surface area contributed by atoms with Gasteiger partial charge >= 0.3 is 0 Å². The van der Waals surface area contributed by atoms with Gasteiger partial charge in [0.2, 0.25) is 5.91 Å². The fourth-order valence-electron chi connectivity index (χ4n) is 2.95. The number of carbonyl (C=O) groups is 2. The molecule has 2 heterocycles. The molecule has 0 N–H and O–H groups in total. The first-order chi connectivity index (χ1) is 12.0. The molecule has 1 aromatic heterocycles. The molecule has 1 aliphatic heterocycles. The number of aryl methyl sites for hydroxylation is 2. The zero-order valence-corrected chi connectivity index (χ0v) is 16.3. The van der Waals surface area contributed by atoms with E-state index in [1.807, 2.05) is 16.5 Å². The molecule has 0 radical (unpaired) electrons. The van der Waals surface area contributed by atoms with Crippen LogP contribution >= 0.6 is 23.1 Å². The molecule has 134 valence electrons. The SMILES string of the molecule is Cc1ccc2c(c1)sc(=NC(=O)CSCC(=O)N1CCCCC1)n2C. The molecular formula is C18H23N3O2S2. The topological polar surface area (TPSA) is 54.7 Å². The molecule has 3 rings (SSSR count). The van der Waals surface area contributed by atoms with Crippen molar-refractivity contribution in [1.82, 2.24) is 9.47 Å². The van der Waals surface area contributed by atoms with Gasteiger partial charge in [-0.2, -0.15) is 4.99 Å². The molecule has 0 unspecified atom stereocenters. The average molecular weight is 378 g/mol. The number of rotatable bonds is 4. The lowest BCUT2D eigenvalue weighted by Gasteiger charge is -2.26. The second-order valence-electron chi connectivity index (χ2n) is 6.35. The molecule has 1 aliphatic rings. The van der Waals surface area contributed by atoms with Gasteiger partial charge in [-0.3, -0.25) is 9.59 Å². The normalized spacial score (nSPS) is 15.8. The third-order valence-electron chi connectivity index (χ3n) is 4.35. The summed E-state index contributed by atoms with van der Waals surface area (Å²) < 4.78 is 3.07. The number of aromatic nitrogens is 1. The minimum absolute atomic E-state index is 0.139. The third-order valence-corrected chi connectivity index (χ3v) is 6.34. The average Bonchev–Trinajstić information content (AvgIpc) is 2.90. The third kappa shape index (κ3) is 4.52. The van der Waals surface area contributed by atoms with E-state index in [4.69, 9.17) is 0 Å². The zero-order chi connectivity index (χ0) is 17.8. The molecule has 1 fully saturated rings.